The van der Waals surface area contributed by atoms with Gasteiger partial charge < -0.3 is 19.7 Å². The van der Waals surface area contributed by atoms with Gasteiger partial charge in [0.1, 0.15) is 5.75 Å². The van der Waals surface area contributed by atoms with Crippen LogP contribution in [0, 0.1) is 0 Å². The van der Waals surface area contributed by atoms with Crippen molar-refractivity contribution in [2.75, 3.05) is 25.1 Å². The number of hydrogen-bond acceptors (Lipinski definition) is 7. The second kappa shape index (κ2) is 8.41. The molecule has 8 nitrogen and oxygen atoms in total. The standard InChI is InChI=1S/C20H25N5O3/c1-27-20-23-17(22-19(24-20)25-11-5-2-6-12-25)13-21-18(26)16-10-9-14-7-3-4-8-15(14)28-16/h3-4,7-8,16H,2,5-6,9-13H2,1H3,(H,21,26). The van der Waals surface area contributed by atoms with E-state index < -0.39 is 6.10 Å². The lowest BCUT2D eigenvalue weighted by Crippen LogP contribution is -2.40. The summed E-state index contributed by atoms with van der Waals surface area (Å²) in [6.45, 7) is 2.06. The van der Waals surface area contributed by atoms with Gasteiger partial charge in [-0.1, -0.05) is 18.2 Å². The first-order valence-electron chi connectivity index (χ1n) is 9.79. The van der Waals surface area contributed by atoms with E-state index in [0.29, 0.717) is 18.2 Å². The number of fused-ring (bicyclic) bond motifs is 1. The monoisotopic (exact) mass is 383 g/mol. The number of nitrogens with zero attached hydrogens (tertiary/aromatic N) is 4. The number of carbonyl (C=O) groups excluding carboxylic acids is 1. The van der Waals surface area contributed by atoms with Crippen LogP contribution in [0.1, 0.15) is 37.1 Å². The largest absolute Gasteiger partial charge is 0.480 e. The van der Waals surface area contributed by atoms with E-state index in [2.05, 4.69) is 25.2 Å². The SMILES string of the molecule is COc1nc(CNC(=O)C2CCc3ccccc3O2)nc(N2CCCCC2)n1. The summed E-state index contributed by atoms with van der Waals surface area (Å²) in [4.78, 5) is 27.9. The maximum atomic E-state index is 12.6. The number of methoxy groups -OCH3 is 1. The molecule has 1 saturated heterocycles. The number of para-hydroxylation sites is 1. The number of aryl methyl sites for hydroxylation is 1. The van der Waals surface area contributed by atoms with Crippen LogP contribution in [0.25, 0.3) is 0 Å². The molecule has 1 amide bonds. The second-order valence-corrected chi connectivity index (χ2v) is 7.06. The van der Waals surface area contributed by atoms with Crippen molar-refractivity contribution in [1.82, 2.24) is 20.3 Å². The van der Waals surface area contributed by atoms with Crippen LogP contribution in [-0.4, -0.2) is 47.2 Å². The minimum atomic E-state index is -0.500. The summed E-state index contributed by atoms with van der Waals surface area (Å²) in [7, 11) is 1.53. The van der Waals surface area contributed by atoms with E-state index in [9.17, 15) is 4.79 Å². The van der Waals surface area contributed by atoms with E-state index in [1.54, 1.807) is 0 Å². The minimum absolute atomic E-state index is 0.159. The highest BCUT2D eigenvalue weighted by Crippen LogP contribution is 2.27. The van der Waals surface area contributed by atoms with Crippen LogP contribution in [0.15, 0.2) is 24.3 Å². The summed E-state index contributed by atoms with van der Waals surface area (Å²) >= 11 is 0. The highest BCUT2D eigenvalue weighted by molar-refractivity contribution is 5.81. The second-order valence-electron chi connectivity index (χ2n) is 7.06. The molecule has 28 heavy (non-hydrogen) atoms. The molecule has 3 heterocycles. The van der Waals surface area contributed by atoms with Gasteiger partial charge in [0.15, 0.2) is 11.9 Å². The zero-order chi connectivity index (χ0) is 19.3. The van der Waals surface area contributed by atoms with Gasteiger partial charge in [-0.3, -0.25) is 4.79 Å². The van der Waals surface area contributed by atoms with Crippen molar-refractivity contribution in [3.8, 4) is 11.8 Å². The van der Waals surface area contributed by atoms with Crippen LogP contribution in [0.2, 0.25) is 0 Å². The van der Waals surface area contributed by atoms with Crippen LogP contribution in [-0.2, 0) is 17.8 Å². The van der Waals surface area contributed by atoms with Crippen molar-refractivity contribution < 1.29 is 14.3 Å². The summed E-state index contributed by atoms with van der Waals surface area (Å²) < 4.78 is 11.1. The van der Waals surface area contributed by atoms with Gasteiger partial charge in [-0.05, 0) is 43.7 Å². The van der Waals surface area contributed by atoms with Gasteiger partial charge in [0.05, 0.1) is 13.7 Å². The van der Waals surface area contributed by atoms with Gasteiger partial charge in [0.25, 0.3) is 5.91 Å². The van der Waals surface area contributed by atoms with Crippen LogP contribution >= 0.6 is 0 Å². The minimum Gasteiger partial charge on any atom is -0.480 e. The first kappa shape index (κ1) is 18.5. The zero-order valence-electron chi connectivity index (χ0n) is 16.1. The molecule has 1 atom stereocenters. The molecule has 1 N–H and O–H groups in total. The summed E-state index contributed by atoms with van der Waals surface area (Å²) in [6.07, 6.45) is 4.46. The summed E-state index contributed by atoms with van der Waals surface area (Å²) in [5.41, 5.74) is 1.14. The first-order chi connectivity index (χ1) is 13.7. The van der Waals surface area contributed by atoms with E-state index in [-0.39, 0.29) is 18.5 Å². The van der Waals surface area contributed by atoms with Crippen LogP contribution < -0.4 is 19.7 Å². The third-order valence-electron chi connectivity index (χ3n) is 5.10. The predicted molar refractivity (Wildman–Crippen MR) is 103 cm³/mol. The molecule has 1 unspecified atom stereocenters. The Balaban J connectivity index is 1.40. The van der Waals surface area contributed by atoms with Gasteiger partial charge in [-0.25, -0.2) is 0 Å². The van der Waals surface area contributed by atoms with Gasteiger partial charge >= 0.3 is 6.01 Å². The van der Waals surface area contributed by atoms with Crippen LogP contribution in [0.3, 0.4) is 0 Å². The molecular weight excluding hydrogens is 358 g/mol. The number of nitrogens with one attached hydrogen (secondary N) is 1. The Morgan fingerprint density at radius 2 is 2.04 bits per heavy atom. The average molecular weight is 383 g/mol. The molecule has 148 valence electrons. The Hall–Kier alpha value is -2.90. The zero-order valence-corrected chi connectivity index (χ0v) is 16.1. The van der Waals surface area contributed by atoms with E-state index in [1.165, 1.54) is 13.5 Å². The van der Waals surface area contributed by atoms with Gasteiger partial charge in [0, 0.05) is 13.1 Å². The highest BCUT2D eigenvalue weighted by atomic mass is 16.5. The number of hydrogen-bond donors (Lipinski definition) is 1. The van der Waals surface area contributed by atoms with Crippen molar-refractivity contribution in [2.45, 2.75) is 44.8 Å². The van der Waals surface area contributed by atoms with Crippen molar-refractivity contribution in [3.63, 3.8) is 0 Å². The smallest absolute Gasteiger partial charge is 0.321 e. The lowest BCUT2D eigenvalue weighted by atomic mass is 10.0. The number of rotatable bonds is 5. The normalized spacial score (nSPS) is 18.8. The molecule has 0 radical (unpaired) electrons. The lowest BCUT2D eigenvalue weighted by Gasteiger charge is -2.27. The molecule has 2 aliphatic heterocycles. The molecule has 1 aromatic heterocycles. The predicted octanol–water partition coefficient (Wildman–Crippen LogP) is 1.88. The lowest BCUT2D eigenvalue weighted by molar-refractivity contribution is -0.128. The molecule has 2 aromatic rings. The third kappa shape index (κ3) is 4.16. The van der Waals surface area contributed by atoms with E-state index >= 15 is 0 Å². The van der Waals surface area contributed by atoms with E-state index in [0.717, 1.165) is 43.7 Å². The van der Waals surface area contributed by atoms with E-state index in [1.807, 2.05) is 24.3 Å². The summed E-state index contributed by atoms with van der Waals surface area (Å²) in [6, 6.07) is 8.09. The van der Waals surface area contributed by atoms with Crippen molar-refractivity contribution >= 4 is 11.9 Å². The first-order valence-corrected chi connectivity index (χ1v) is 9.79. The molecule has 0 spiro atoms. The Morgan fingerprint density at radius 1 is 1.21 bits per heavy atom. The molecule has 4 rings (SSSR count). The number of carbonyl (C=O) groups is 1. The van der Waals surface area contributed by atoms with Crippen LogP contribution in [0.4, 0.5) is 5.95 Å². The number of aromatic nitrogens is 3. The fraction of sp³-hybridized carbons (Fsp3) is 0.500. The van der Waals surface area contributed by atoms with Gasteiger partial charge in [-0.15, -0.1) is 0 Å². The molecule has 1 fully saturated rings. The maximum absolute atomic E-state index is 12.6. The summed E-state index contributed by atoms with van der Waals surface area (Å²) in [5, 5.41) is 2.89. The van der Waals surface area contributed by atoms with Gasteiger partial charge in [-0.2, -0.15) is 15.0 Å². The molecule has 2 aliphatic rings. The number of benzene rings is 1. The van der Waals surface area contributed by atoms with Crippen molar-refractivity contribution in [3.05, 3.63) is 35.7 Å². The quantitative estimate of drug-likeness (QED) is 0.843. The third-order valence-corrected chi connectivity index (χ3v) is 5.10. The Kier molecular flexibility index (Phi) is 5.55. The number of ether oxygens (including phenoxy) is 2. The Morgan fingerprint density at radius 3 is 2.86 bits per heavy atom. The molecule has 0 aliphatic carbocycles. The van der Waals surface area contributed by atoms with Crippen molar-refractivity contribution in [1.29, 1.82) is 0 Å². The molecular formula is C20H25N5O3. The fourth-order valence-electron chi connectivity index (χ4n) is 3.58. The molecule has 8 heteroatoms. The van der Waals surface area contributed by atoms with Gasteiger partial charge in [0.2, 0.25) is 5.95 Å². The number of anilines is 1. The fourth-order valence-corrected chi connectivity index (χ4v) is 3.58. The number of amides is 1. The molecule has 1 aromatic carbocycles. The average Bonchev–Trinajstić information content (AvgIpc) is 2.77. The Bertz CT molecular complexity index is 838. The number of piperidine rings is 1. The highest BCUT2D eigenvalue weighted by Gasteiger charge is 2.26. The summed E-state index contributed by atoms with van der Waals surface area (Å²) in [5.74, 6) is 1.71. The topological polar surface area (TPSA) is 89.5 Å². The van der Waals surface area contributed by atoms with Crippen LogP contribution in [0.5, 0.6) is 11.8 Å². The van der Waals surface area contributed by atoms with E-state index in [4.69, 9.17) is 9.47 Å². The Labute approximate surface area is 164 Å². The van der Waals surface area contributed by atoms with Crippen molar-refractivity contribution in [2.24, 2.45) is 0 Å². The maximum Gasteiger partial charge on any atom is 0.321 e. The molecule has 0 bridgehead atoms. The molecule has 0 saturated carbocycles.